The molecule has 1 aromatic carbocycles. The van der Waals surface area contributed by atoms with Gasteiger partial charge in [-0.2, -0.15) is 5.10 Å². The van der Waals surface area contributed by atoms with Gasteiger partial charge in [0, 0.05) is 16.6 Å². The zero-order chi connectivity index (χ0) is 15.4. The lowest BCUT2D eigenvalue weighted by atomic mass is 10.0. The number of hydrogen-bond donors (Lipinski definition) is 1. The van der Waals surface area contributed by atoms with Gasteiger partial charge in [0.25, 0.3) is 0 Å². The minimum Gasteiger partial charge on any atom is -0.305 e. The van der Waals surface area contributed by atoms with Gasteiger partial charge in [-0.25, -0.2) is 0 Å². The Balaban J connectivity index is 2.49. The molecule has 0 amide bonds. The number of hydrogen-bond acceptors (Lipinski definition) is 2. The Labute approximate surface area is 143 Å². The Hall–Kier alpha value is -0.550. The second-order valence-electron chi connectivity index (χ2n) is 4.75. The zero-order valence-corrected chi connectivity index (χ0v) is 15.1. The van der Waals surface area contributed by atoms with Crippen molar-refractivity contribution in [3.8, 4) is 0 Å². The van der Waals surface area contributed by atoms with E-state index in [1.165, 1.54) is 0 Å². The van der Waals surface area contributed by atoms with Crippen LogP contribution in [0.3, 0.4) is 0 Å². The summed E-state index contributed by atoms with van der Waals surface area (Å²) >= 11 is 16.0. The number of rotatable bonds is 6. The molecular formula is C15H18BrCl2N3. The van der Waals surface area contributed by atoms with E-state index in [9.17, 15) is 0 Å². The van der Waals surface area contributed by atoms with Crippen molar-refractivity contribution in [2.75, 3.05) is 6.54 Å². The Morgan fingerprint density at radius 1 is 1.33 bits per heavy atom. The number of benzene rings is 1. The second-order valence-corrected chi connectivity index (χ2v) is 6.44. The van der Waals surface area contributed by atoms with Gasteiger partial charge in [0.2, 0.25) is 0 Å². The molecule has 6 heteroatoms. The first-order valence-electron chi connectivity index (χ1n) is 6.98. The predicted molar refractivity (Wildman–Crippen MR) is 92.2 cm³/mol. The molecule has 1 unspecified atom stereocenters. The van der Waals surface area contributed by atoms with Crippen LogP contribution in [0.25, 0.3) is 0 Å². The highest BCUT2D eigenvalue weighted by atomic mass is 79.9. The fourth-order valence-electron chi connectivity index (χ4n) is 2.29. The molecule has 1 aromatic heterocycles. The SMILES string of the molecule is CCCNC(c1ccc(Cl)cc1Cl)c1c(Br)cnn1CC. The van der Waals surface area contributed by atoms with Gasteiger partial charge >= 0.3 is 0 Å². The molecule has 1 N–H and O–H groups in total. The molecule has 0 aliphatic carbocycles. The maximum Gasteiger partial charge on any atom is 0.0774 e. The zero-order valence-electron chi connectivity index (χ0n) is 12.0. The van der Waals surface area contributed by atoms with Gasteiger partial charge < -0.3 is 5.32 Å². The third-order valence-electron chi connectivity index (χ3n) is 3.28. The number of aryl methyl sites for hydroxylation is 1. The molecule has 21 heavy (non-hydrogen) atoms. The summed E-state index contributed by atoms with van der Waals surface area (Å²) < 4.78 is 2.95. The molecule has 1 heterocycles. The molecule has 0 bridgehead atoms. The molecular weight excluding hydrogens is 373 g/mol. The summed E-state index contributed by atoms with van der Waals surface area (Å²) in [6.07, 6.45) is 2.86. The fraction of sp³-hybridized carbons (Fsp3) is 0.400. The molecule has 0 saturated heterocycles. The van der Waals surface area contributed by atoms with Crippen LogP contribution in [0.5, 0.6) is 0 Å². The van der Waals surface area contributed by atoms with Crippen LogP contribution in [0, 0.1) is 0 Å². The Bertz CT molecular complexity index is 613. The van der Waals surface area contributed by atoms with E-state index in [1.807, 2.05) is 23.0 Å². The van der Waals surface area contributed by atoms with Crippen molar-refractivity contribution in [3.63, 3.8) is 0 Å². The normalized spacial score (nSPS) is 12.6. The van der Waals surface area contributed by atoms with Gasteiger partial charge in [-0.1, -0.05) is 36.2 Å². The first-order chi connectivity index (χ1) is 10.1. The topological polar surface area (TPSA) is 29.9 Å². The van der Waals surface area contributed by atoms with E-state index in [1.54, 1.807) is 6.07 Å². The predicted octanol–water partition coefficient (Wildman–Crippen LogP) is 5.06. The van der Waals surface area contributed by atoms with E-state index < -0.39 is 0 Å². The smallest absolute Gasteiger partial charge is 0.0774 e. The summed E-state index contributed by atoms with van der Waals surface area (Å²) in [6, 6.07) is 5.59. The molecule has 0 saturated carbocycles. The van der Waals surface area contributed by atoms with Crippen LogP contribution in [0.15, 0.2) is 28.9 Å². The first-order valence-corrected chi connectivity index (χ1v) is 8.52. The third kappa shape index (κ3) is 3.81. The maximum atomic E-state index is 6.40. The molecule has 0 fully saturated rings. The van der Waals surface area contributed by atoms with Crippen LogP contribution in [-0.4, -0.2) is 16.3 Å². The highest BCUT2D eigenvalue weighted by Crippen LogP contribution is 2.33. The lowest BCUT2D eigenvalue weighted by Crippen LogP contribution is -2.26. The van der Waals surface area contributed by atoms with E-state index in [2.05, 4.69) is 40.2 Å². The lowest BCUT2D eigenvalue weighted by Gasteiger charge is -2.22. The second kappa shape index (κ2) is 7.63. The highest BCUT2D eigenvalue weighted by molar-refractivity contribution is 9.10. The Kier molecular flexibility index (Phi) is 6.11. The van der Waals surface area contributed by atoms with Gasteiger partial charge in [0.1, 0.15) is 0 Å². The van der Waals surface area contributed by atoms with E-state index >= 15 is 0 Å². The number of aromatic nitrogens is 2. The summed E-state index contributed by atoms with van der Waals surface area (Å²) in [5.41, 5.74) is 2.08. The average Bonchev–Trinajstić information content (AvgIpc) is 2.82. The van der Waals surface area contributed by atoms with Gasteiger partial charge in [-0.15, -0.1) is 0 Å². The van der Waals surface area contributed by atoms with Crippen molar-refractivity contribution in [1.29, 1.82) is 0 Å². The van der Waals surface area contributed by atoms with Gasteiger partial charge in [0.15, 0.2) is 0 Å². The van der Waals surface area contributed by atoms with Crippen LogP contribution in [-0.2, 0) is 6.54 Å². The molecule has 0 spiro atoms. The first kappa shape index (κ1) is 16.8. The maximum absolute atomic E-state index is 6.40. The highest BCUT2D eigenvalue weighted by Gasteiger charge is 2.23. The summed E-state index contributed by atoms with van der Waals surface area (Å²) in [7, 11) is 0. The van der Waals surface area contributed by atoms with E-state index in [-0.39, 0.29) is 6.04 Å². The molecule has 2 rings (SSSR count). The van der Waals surface area contributed by atoms with E-state index in [0.717, 1.165) is 35.2 Å². The van der Waals surface area contributed by atoms with Crippen LogP contribution >= 0.6 is 39.1 Å². The van der Waals surface area contributed by atoms with E-state index in [4.69, 9.17) is 23.2 Å². The molecule has 3 nitrogen and oxygen atoms in total. The third-order valence-corrected chi connectivity index (χ3v) is 4.45. The Morgan fingerprint density at radius 3 is 2.71 bits per heavy atom. The van der Waals surface area contributed by atoms with Crippen LogP contribution in [0.1, 0.15) is 37.6 Å². The molecule has 1 atom stereocenters. The summed E-state index contributed by atoms with van der Waals surface area (Å²) in [5, 5.41) is 9.24. The number of nitrogens with one attached hydrogen (secondary N) is 1. The van der Waals surface area contributed by atoms with Gasteiger partial charge in [-0.05, 0) is 53.5 Å². The fourth-order valence-corrected chi connectivity index (χ4v) is 3.33. The quantitative estimate of drug-likeness (QED) is 0.746. The Morgan fingerprint density at radius 2 is 2.10 bits per heavy atom. The minimum atomic E-state index is -0.0217. The summed E-state index contributed by atoms with van der Waals surface area (Å²) in [5.74, 6) is 0. The number of nitrogens with zero attached hydrogens (tertiary/aromatic N) is 2. The monoisotopic (exact) mass is 389 g/mol. The molecule has 0 radical (unpaired) electrons. The molecule has 114 valence electrons. The lowest BCUT2D eigenvalue weighted by molar-refractivity contribution is 0.528. The average molecular weight is 391 g/mol. The minimum absolute atomic E-state index is 0.0217. The van der Waals surface area contributed by atoms with Crippen molar-refractivity contribution >= 4 is 39.1 Å². The van der Waals surface area contributed by atoms with Crippen molar-refractivity contribution in [2.45, 2.75) is 32.9 Å². The molecule has 0 aliphatic heterocycles. The van der Waals surface area contributed by atoms with Crippen molar-refractivity contribution in [3.05, 3.63) is 50.2 Å². The summed E-state index contributed by atoms with van der Waals surface area (Å²) in [4.78, 5) is 0. The molecule has 2 aromatic rings. The van der Waals surface area contributed by atoms with Crippen LogP contribution in [0.2, 0.25) is 10.0 Å². The summed E-state index contributed by atoms with van der Waals surface area (Å²) in [6.45, 7) is 5.91. The van der Waals surface area contributed by atoms with E-state index in [0.29, 0.717) is 10.0 Å². The number of halogens is 3. The van der Waals surface area contributed by atoms with Crippen LogP contribution in [0.4, 0.5) is 0 Å². The van der Waals surface area contributed by atoms with Gasteiger partial charge in [0.05, 0.1) is 22.4 Å². The largest absolute Gasteiger partial charge is 0.305 e. The molecule has 0 aliphatic rings. The van der Waals surface area contributed by atoms with Crippen molar-refractivity contribution in [2.24, 2.45) is 0 Å². The standard InChI is InChI=1S/C15H18BrCl2N3/c1-3-7-19-14(11-6-5-10(17)8-13(11)18)15-12(16)9-20-21(15)4-2/h5-6,8-9,14,19H,3-4,7H2,1-2H3. The van der Waals surface area contributed by atoms with Crippen LogP contribution < -0.4 is 5.32 Å². The van der Waals surface area contributed by atoms with Crippen molar-refractivity contribution in [1.82, 2.24) is 15.1 Å². The van der Waals surface area contributed by atoms with Crippen molar-refractivity contribution < 1.29 is 0 Å². The van der Waals surface area contributed by atoms with Gasteiger partial charge in [-0.3, -0.25) is 4.68 Å².